The van der Waals surface area contributed by atoms with Crippen molar-refractivity contribution in [3.63, 3.8) is 0 Å². The van der Waals surface area contributed by atoms with Crippen LogP contribution in [0.25, 0.3) is 0 Å². The Labute approximate surface area is 186 Å². The van der Waals surface area contributed by atoms with E-state index in [0.717, 1.165) is 0 Å². The highest BCUT2D eigenvalue weighted by molar-refractivity contribution is 5.89. The van der Waals surface area contributed by atoms with Crippen LogP contribution in [0, 0.1) is 5.41 Å². The predicted octanol–water partition coefficient (Wildman–Crippen LogP) is 6.06. The molecule has 1 saturated heterocycles. The van der Waals surface area contributed by atoms with Crippen LogP contribution in [0.1, 0.15) is 50.4 Å². The molecule has 1 aromatic heterocycles. The van der Waals surface area contributed by atoms with Crippen molar-refractivity contribution >= 4 is 17.9 Å². The van der Waals surface area contributed by atoms with Crippen LogP contribution in [-0.2, 0) is 17.1 Å². The standard InChI is InChI=1S/C21H22F6N4O2/c1-11(12-7-13(20(22,23)24)9-14(8-12)21(25,26)27)29-17-28-6-5-16(30-17)31-15(19(2,3)4)10-33-18(31)32/h5-9,11,15H,10H2,1-4H3,(H,28,29,30). The van der Waals surface area contributed by atoms with E-state index >= 15 is 0 Å². The van der Waals surface area contributed by atoms with Gasteiger partial charge in [0.1, 0.15) is 12.4 Å². The number of rotatable bonds is 4. The van der Waals surface area contributed by atoms with E-state index in [1.165, 1.54) is 24.1 Å². The van der Waals surface area contributed by atoms with Crippen molar-refractivity contribution in [1.82, 2.24) is 9.97 Å². The normalized spacial score (nSPS) is 18.3. The Balaban J connectivity index is 1.92. The zero-order valence-electron chi connectivity index (χ0n) is 18.2. The van der Waals surface area contributed by atoms with Crippen molar-refractivity contribution in [2.24, 2.45) is 5.41 Å². The van der Waals surface area contributed by atoms with E-state index in [0.29, 0.717) is 12.1 Å². The fraction of sp³-hybridized carbons (Fsp3) is 0.476. The first-order valence-corrected chi connectivity index (χ1v) is 9.92. The van der Waals surface area contributed by atoms with Crippen LogP contribution in [-0.4, -0.2) is 28.7 Å². The predicted molar refractivity (Wildman–Crippen MR) is 108 cm³/mol. The maximum Gasteiger partial charge on any atom is 0.416 e. The van der Waals surface area contributed by atoms with Gasteiger partial charge in [0.25, 0.3) is 0 Å². The molecule has 2 unspecified atom stereocenters. The van der Waals surface area contributed by atoms with E-state index in [9.17, 15) is 31.1 Å². The van der Waals surface area contributed by atoms with E-state index < -0.39 is 35.6 Å². The fourth-order valence-electron chi connectivity index (χ4n) is 3.37. The largest absolute Gasteiger partial charge is 0.447 e. The van der Waals surface area contributed by atoms with Gasteiger partial charge in [0.2, 0.25) is 5.95 Å². The summed E-state index contributed by atoms with van der Waals surface area (Å²) in [4.78, 5) is 21.8. The second-order valence-electron chi connectivity index (χ2n) is 8.77. The number of nitrogens with one attached hydrogen (secondary N) is 1. The van der Waals surface area contributed by atoms with Crippen molar-refractivity contribution in [3.8, 4) is 0 Å². The van der Waals surface area contributed by atoms with Crippen molar-refractivity contribution < 1.29 is 35.9 Å². The zero-order valence-corrected chi connectivity index (χ0v) is 18.2. The number of carbonyl (C=O) groups is 1. The van der Waals surface area contributed by atoms with Gasteiger partial charge in [-0.3, -0.25) is 4.90 Å². The number of alkyl halides is 6. The second-order valence-corrected chi connectivity index (χ2v) is 8.77. The summed E-state index contributed by atoms with van der Waals surface area (Å²) in [5.41, 5.74) is -3.42. The number of hydrogen-bond donors (Lipinski definition) is 1. The molecule has 0 aliphatic carbocycles. The van der Waals surface area contributed by atoms with Crippen molar-refractivity contribution in [2.45, 2.75) is 52.1 Å². The molecule has 2 heterocycles. The first-order chi connectivity index (χ1) is 15.1. The van der Waals surface area contributed by atoms with E-state index in [4.69, 9.17) is 4.74 Å². The number of anilines is 2. The number of hydrogen-bond acceptors (Lipinski definition) is 5. The monoisotopic (exact) mass is 476 g/mol. The lowest BCUT2D eigenvalue weighted by Crippen LogP contribution is -2.43. The summed E-state index contributed by atoms with van der Waals surface area (Å²) in [7, 11) is 0. The van der Waals surface area contributed by atoms with Crippen LogP contribution in [0.5, 0.6) is 0 Å². The molecule has 2 aromatic rings. The summed E-state index contributed by atoms with van der Waals surface area (Å²) in [5, 5.41) is 2.71. The van der Waals surface area contributed by atoms with Gasteiger partial charge in [-0.15, -0.1) is 0 Å². The first-order valence-electron chi connectivity index (χ1n) is 9.92. The molecule has 12 heteroatoms. The van der Waals surface area contributed by atoms with Crippen LogP contribution < -0.4 is 10.2 Å². The highest BCUT2D eigenvalue weighted by Gasteiger charge is 2.42. The van der Waals surface area contributed by atoms with Crippen molar-refractivity contribution in [2.75, 3.05) is 16.8 Å². The minimum absolute atomic E-state index is 0.0684. The Bertz CT molecular complexity index is 1000. The molecule has 0 saturated carbocycles. The molecule has 0 spiro atoms. The lowest BCUT2D eigenvalue weighted by atomic mass is 9.87. The Hall–Kier alpha value is -3.05. The average molecular weight is 476 g/mol. The Morgan fingerprint density at radius 1 is 1.06 bits per heavy atom. The number of ether oxygens (including phenoxy) is 1. The first kappa shape index (κ1) is 24.6. The lowest BCUT2D eigenvalue weighted by molar-refractivity contribution is -0.143. The molecule has 33 heavy (non-hydrogen) atoms. The summed E-state index contributed by atoms with van der Waals surface area (Å²) >= 11 is 0. The molecule has 180 valence electrons. The number of amides is 1. The van der Waals surface area contributed by atoms with Crippen LogP contribution >= 0.6 is 0 Å². The number of carbonyl (C=O) groups excluding carboxylic acids is 1. The Kier molecular flexibility index (Phi) is 6.24. The van der Waals surface area contributed by atoms with Crippen LogP contribution in [0.4, 0.5) is 42.9 Å². The number of halogens is 6. The molecule has 1 aliphatic heterocycles. The number of cyclic esters (lactones) is 1. The summed E-state index contributed by atoms with van der Waals surface area (Å²) in [5.74, 6) is 0.125. The Morgan fingerprint density at radius 3 is 2.15 bits per heavy atom. The van der Waals surface area contributed by atoms with E-state index in [2.05, 4.69) is 15.3 Å². The molecule has 6 nitrogen and oxygen atoms in total. The molecular weight excluding hydrogens is 454 g/mol. The van der Waals surface area contributed by atoms with E-state index in [-0.39, 0.29) is 41.5 Å². The minimum atomic E-state index is -4.95. The minimum Gasteiger partial charge on any atom is -0.447 e. The quantitative estimate of drug-likeness (QED) is 0.544. The lowest BCUT2D eigenvalue weighted by Gasteiger charge is -2.31. The number of nitrogens with zero attached hydrogens (tertiary/aromatic N) is 3. The second kappa shape index (κ2) is 8.38. The molecule has 1 aromatic carbocycles. The van der Waals surface area contributed by atoms with Crippen LogP contribution in [0.2, 0.25) is 0 Å². The zero-order chi connectivity index (χ0) is 24.8. The molecule has 1 amide bonds. The maximum absolute atomic E-state index is 13.2. The van der Waals surface area contributed by atoms with Crippen molar-refractivity contribution in [1.29, 1.82) is 0 Å². The number of aromatic nitrogens is 2. The molecule has 2 atom stereocenters. The summed E-state index contributed by atoms with van der Waals surface area (Å²) < 4.78 is 84.1. The van der Waals surface area contributed by atoms with Gasteiger partial charge in [0.05, 0.1) is 23.2 Å². The van der Waals surface area contributed by atoms with Gasteiger partial charge in [-0.1, -0.05) is 20.8 Å². The molecule has 3 rings (SSSR count). The highest BCUT2D eigenvalue weighted by atomic mass is 19.4. The molecule has 0 bridgehead atoms. The summed E-state index contributed by atoms with van der Waals surface area (Å²) in [6.45, 7) is 7.28. The summed E-state index contributed by atoms with van der Waals surface area (Å²) in [6, 6.07) is 1.48. The summed E-state index contributed by atoms with van der Waals surface area (Å²) in [6.07, 6.45) is -9.19. The smallest absolute Gasteiger partial charge is 0.416 e. The molecule has 0 radical (unpaired) electrons. The third-order valence-electron chi connectivity index (χ3n) is 5.22. The van der Waals surface area contributed by atoms with Crippen LogP contribution in [0.3, 0.4) is 0 Å². The van der Waals surface area contributed by atoms with Gasteiger partial charge in [-0.25, -0.2) is 9.78 Å². The molecule has 1 fully saturated rings. The molecular formula is C21H22F6N4O2. The van der Waals surface area contributed by atoms with E-state index in [1.54, 1.807) is 0 Å². The third kappa shape index (κ3) is 5.48. The fourth-order valence-corrected chi connectivity index (χ4v) is 3.37. The van der Waals surface area contributed by atoms with Gasteiger partial charge in [0, 0.05) is 6.20 Å². The van der Waals surface area contributed by atoms with E-state index in [1.807, 2.05) is 20.8 Å². The highest BCUT2D eigenvalue weighted by Crippen LogP contribution is 2.38. The topological polar surface area (TPSA) is 67.4 Å². The number of benzene rings is 1. The average Bonchev–Trinajstić information content (AvgIpc) is 3.08. The van der Waals surface area contributed by atoms with Gasteiger partial charge < -0.3 is 10.1 Å². The van der Waals surface area contributed by atoms with Gasteiger partial charge in [-0.2, -0.15) is 31.3 Å². The van der Waals surface area contributed by atoms with Crippen molar-refractivity contribution in [3.05, 3.63) is 47.2 Å². The van der Waals surface area contributed by atoms with Gasteiger partial charge in [-0.05, 0) is 42.2 Å². The molecule has 1 aliphatic rings. The maximum atomic E-state index is 13.2. The molecule has 1 N–H and O–H groups in total. The van der Waals surface area contributed by atoms with Crippen LogP contribution in [0.15, 0.2) is 30.5 Å². The Morgan fingerprint density at radius 2 is 1.64 bits per heavy atom. The van der Waals surface area contributed by atoms with Gasteiger partial charge in [0.15, 0.2) is 0 Å². The van der Waals surface area contributed by atoms with Gasteiger partial charge >= 0.3 is 18.4 Å². The third-order valence-corrected chi connectivity index (χ3v) is 5.22. The SMILES string of the molecule is CC(Nc1nccc(N2C(=O)OCC2C(C)(C)C)n1)c1cc(C(F)(F)F)cc(C(F)(F)F)c1.